The van der Waals surface area contributed by atoms with Crippen molar-refractivity contribution >= 4 is 26.0 Å². The van der Waals surface area contributed by atoms with Gasteiger partial charge in [-0.1, -0.05) is 0 Å². The van der Waals surface area contributed by atoms with Gasteiger partial charge in [0.2, 0.25) is 0 Å². The third-order valence-electron chi connectivity index (χ3n) is 1.11. The minimum Gasteiger partial charge on any atom is -0.624 e. The van der Waals surface area contributed by atoms with Gasteiger partial charge in [0.25, 0.3) is 0 Å². The zero-order valence-corrected chi connectivity index (χ0v) is 9.92. The maximum Gasteiger partial charge on any atom is 0.150 e. The van der Waals surface area contributed by atoms with Gasteiger partial charge < -0.3 is 20.0 Å². The van der Waals surface area contributed by atoms with Gasteiger partial charge in [-0.05, 0) is 13.8 Å². The van der Waals surface area contributed by atoms with Gasteiger partial charge >= 0.3 is 0 Å². The van der Waals surface area contributed by atoms with Crippen LogP contribution in [0.4, 0.5) is 0 Å². The van der Waals surface area contributed by atoms with Crippen LogP contribution in [0.1, 0.15) is 26.7 Å². The van der Waals surface area contributed by atoms with Crippen molar-refractivity contribution in [3.8, 4) is 0 Å². The summed E-state index contributed by atoms with van der Waals surface area (Å²) in [6, 6.07) is 0. The van der Waals surface area contributed by atoms with Crippen molar-refractivity contribution in [1.82, 2.24) is 0 Å². The topological polar surface area (TPSA) is 86.3 Å². The Labute approximate surface area is 96.1 Å². The van der Waals surface area contributed by atoms with E-state index in [4.69, 9.17) is 0 Å². The Morgan fingerprint density at radius 1 is 0.938 bits per heavy atom. The molecule has 0 aromatic heterocycles. The number of carbonyl (C=O) groups is 2. The number of carbonyl (C=O) groups excluding carboxylic acids is 2. The fourth-order valence-corrected chi connectivity index (χ4v) is 0.136. The Morgan fingerprint density at radius 3 is 1.19 bits per heavy atom. The summed E-state index contributed by atoms with van der Waals surface area (Å²) in [4.78, 5) is 18.8. The van der Waals surface area contributed by atoms with Crippen LogP contribution in [0.2, 0.25) is 0 Å². The van der Waals surface area contributed by atoms with Crippen molar-refractivity contribution in [1.29, 1.82) is 0 Å². The number of aldehydes is 2. The van der Waals surface area contributed by atoms with E-state index in [-0.39, 0.29) is 0 Å². The van der Waals surface area contributed by atoms with Crippen LogP contribution in [-0.4, -0.2) is 48.6 Å². The van der Waals surface area contributed by atoms with Gasteiger partial charge in [0.15, 0.2) is 0 Å². The van der Waals surface area contributed by atoms with Crippen molar-refractivity contribution in [3.05, 3.63) is 10.4 Å². The number of hydrogen-bond donors (Lipinski definition) is 0. The molecule has 6 heteroatoms. The van der Waals surface area contributed by atoms with Gasteiger partial charge in [-0.3, -0.25) is 0 Å². The van der Waals surface area contributed by atoms with Crippen LogP contribution in [0, 0.1) is 10.4 Å². The van der Waals surface area contributed by atoms with E-state index in [0.717, 1.165) is 12.6 Å². The average Bonchev–Trinajstić information content (AvgIpc) is 2.27. The molecule has 0 atom stereocenters. The van der Waals surface area contributed by atoms with Crippen molar-refractivity contribution in [2.24, 2.45) is 0 Å². The minimum absolute atomic E-state index is 0.365. The molecule has 0 amide bonds. The lowest BCUT2D eigenvalue weighted by atomic mass is 10.4. The molecule has 94 valence electrons. The first-order chi connectivity index (χ1) is 7.45. The summed E-state index contributed by atoms with van der Waals surface area (Å²) in [7, 11) is 0. The van der Waals surface area contributed by atoms with Gasteiger partial charge in [0.05, 0.1) is 0 Å². The molecule has 0 bridgehead atoms. The Balaban J connectivity index is -0.000000160. The third-order valence-corrected chi connectivity index (χ3v) is 1.11. The summed E-state index contributed by atoms with van der Waals surface area (Å²) in [5.74, 6) is 0. The Morgan fingerprint density at radius 2 is 1.12 bits per heavy atom. The predicted molar refractivity (Wildman–Crippen MR) is 63.9 cm³/mol. The third kappa shape index (κ3) is 56.0. The molecule has 0 aromatic rings. The van der Waals surface area contributed by atoms with Gasteiger partial charge in [-0.15, -0.1) is 0 Å². The Bertz CT molecular complexity index is 183. The predicted octanol–water partition coefficient (Wildman–Crippen LogP) is 0.599. The second kappa shape index (κ2) is 18.9. The van der Waals surface area contributed by atoms with Crippen LogP contribution < -0.4 is 0 Å². The van der Waals surface area contributed by atoms with E-state index in [1.807, 2.05) is 0 Å². The molecule has 0 heterocycles. The van der Waals surface area contributed by atoms with Crippen molar-refractivity contribution in [2.75, 3.05) is 13.1 Å². The lowest BCUT2D eigenvalue weighted by molar-refractivity contribution is -0.443. The molecule has 0 aliphatic rings. The number of unbranched alkanes of at least 4 members (excludes halogenated alkanes) is 1. The first kappa shape index (κ1) is 19.8. The normalized spacial score (nSPS) is 7.38. The first-order valence-electron chi connectivity index (χ1n) is 4.83. The smallest absolute Gasteiger partial charge is 0.150 e. The van der Waals surface area contributed by atoms with E-state index in [1.165, 1.54) is 0 Å². The summed E-state index contributed by atoms with van der Waals surface area (Å²) in [6.45, 7) is 10.5. The summed E-state index contributed by atoms with van der Waals surface area (Å²) < 4.78 is 1.25. The zero-order chi connectivity index (χ0) is 13.4. The highest BCUT2D eigenvalue weighted by Crippen LogP contribution is 1.72. The van der Waals surface area contributed by atoms with Crippen LogP contribution in [0.25, 0.3) is 0 Å². The quantitative estimate of drug-likeness (QED) is 0.173. The lowest BCUT2D eigenvalue weighted by Crippen LogP contribution is -1.94. The van der Waals surface area contributed by atoms with Gasteiger partial charge in [-0.2, -0.15) is 0 Å². The molecule has 0 N–H and O–H groups in total. The maximum atomic E-state index is 9.62. The molecule has 0 rings (SSSR count). The molecule has 0 saturated heterocycles. The molecule has 0 radical (unpaired) electrons. The largest absolute Gasteiger partial charge is 0.624 e. The fraction of sp³-hybridized carbons (Fsp3) is 0.600. The van der Waals surface area contributed by atoms with E-state index < -0.39 is 0 Å². The van der Waals surface area contributed by atoms with E-state index in [2.05, 4.69) is 13.4 Å². The van der Waals surface area contributed by atoms with Crippen molar-refractivity contribution in [2.45, 2.75) is 26.7 Å². The zero-order valence-electron chi connectivity index (χ0n) is 9.92. The molecule has 0 fully saturated rings. The Hall–Kier alpha value is -1.72. The average molecular weight is 232 g/mol. The second-order valence-corrected chi connectivity index (χ2v) is 2.51. The van der Waals surface area contributed by atoms with Crippen LogP contribution in [-0.2, 0) is 9.59 Å². The molecular weight excluding hydrogens is 212 g/mol. The standard InChI is InChI=1S/C4H6O2.2C3H7NO/c5-3-1-2-4-6;2*1-3-4(2)5/h3-4H,1-2H2;2*2-3H2,1H3. The SMILES string of the molecule is C=[N+]([O-])CC.C=[N+]([O-])CC.O=CCCC=O. The molecule has 0 saturated carbocycles. The maximum absolute atomic E-state index is 9.62. The van der Waals surface area contributed by atoms with Crippen LogP contribution in [0.15, 0.2) is 0 Å². The van der Waals surface area contributed by atoms with Crippen molar-refractivity contribution < 1.29 is 19.1 Å². The molecule has 0 aliphatic heterocycles. The number of hydroxylamine groups is 2. The summed E-state index contributed by atoms with van der Waals surface area (Å²) >= 11 is 0. The van der Waals surface area contributed by atoms with Gasteiger partial charge in [0, 0.05) is 12.8 Å². The monoisotopic (exact) mass is 232 g/mol. The first-order valence-corrected chi connectivity index (χ1v) is 4.83. The molecule has 0 aliphatic carbocycles. The van der Waals surface area contributed by atoms with Gasteiger partial charge in [0.1, 0.15) is 39.1 Å². The molecule has 0 unspecified atom stereocenters. The highest BCUT2D eigenvalue weighted by Gasteiger charge is 1.74. The molecule has 16 heavy (non-hydrogen) atoms. The summed E-state index contributed by atoms with van der Waals surface area (Å²) in [5, 5.41) is 19.2. The van der Waals surface area contributed by atoms with E-state index in [9.17, 15) is 20.0 Å². The van der Waals surface area contributed by atoms with Crippen molar-refractivity contribution in [3.63, 3.8) is 0 Å². The molecule has 0 aromatic carbocycles. The fourth-order valence-electron chi connectivity index (χ4n) is 0.136. The van der Waals surface area contributed by atoms with E-state index in [1.54, 1.807) is 13.8 Å². The van der Waals surface area contributed by atoms with E-state index in [0.29, 0.717) is 35.4 Å². The van der Waals surface area contributed by atoms with E-state index >= 15 is 0 Å². The highest BCUT2D eigenvalue weighted by atomic mass is 16.5. The summed E-state index contributed by atoms with van der Waals surface area (Å²) in [6.07, 6.45) is 2.19. The molecule has 6 nitrogen and oxygen atoms in total. The Kier molecular flexibility index (Phi) is 23.4. The number of nitrogens with zero attached hydrogens (tertiary/aromatic N) is 2. The molecule has 0 spiro atoms. The van der Waals surface area contributed by atoms with Gasteiger partial charge in [-0.25, -0.2) is 9.48 Å². The second-order valence-electron chi connectivity index (χ2n) is 2.51. The van der Waals surface area contributed by atoms with Crippen LogP contribution >= 0.6 is 0 Å². The minimum atomic E-state index is 0.365. The number of rotatable bonds is 5. The molecular formula is C10H20N2O4. The number of hydrogen-bond acceptors (Lipinski definition) is 4. The summed E-state index contributed by atoms with van der Waals surface area (Å²) in [5.41, 5.74) is 0. The highest BCUT2D eigenvalue weighted by molar-refractivity contribution is 5.58. The van der Waals surface area contributed by atoms with Crippen LogP contribution in [0.3, 0.4) is 0 Å². The van der Waals surface area contributed by atoms with Crippen LogP contribution in [0.5, 0.6) is 0 Å². The lowest BCUT2D eigenvalue weighted by Gasteiger charge is -1.90.